The zero-order chi connectivity index (χ0) is 21.0. The molecular weight excluding hydrogens is 406 g/mol. The Bertz CT molecular complexity index is 940. The van der Waals surface area contributed by atoms with Crippen molar-refractivity contribution in [2.75, 3.05) is 30.0 Å². The second kappa shape index (κ2) is 9.37. The minimum Gasteiger partial charge on any atom is -0.372 e. The molecular formula is C22H24ClN3O2S. The normalized spacial score (nSPS) is 15.3. The van der Waals surface area contributed by atoms with E-state index in [1.165, 1.54) is 4.90 Å². The summed E-state index contributed by atoms with van der Waals surface area (Å²) in [6.07, 6.45) is 1.76. The number of hydrogen-bond donors (Lipinski definition) is 1. The van der Waals surface area contributed by atoms with Gasteiger partial charge in [-0.15, -0.1) is 0 Å². The first-order chi connectivity index (χ1) is 13.9. The monoisotopic (exact) mass is 429 g/mol. The van der Waals surface area contributed by atoms with Crippen molar-refractivity contribution in [2.24, 2.45) is 0 Å². The molecule has 0 aliphatic carbocycles. The summed E-state index contributed by atoms with van der Waals surface area (Å²) in [6, 6.07) is 13.5. The van der Waals surface area contributed by atoms with Crippen LogP contribution in [0.4, 0.5) is 16.2 Å². The van der Waals surface area contributed by atoms with Gasteiger partial charge in [-0.1, -0.05) is 29.8 Å². The number of rotatable bonds is 7. The Morgan fingerprint density at radius 3 is 2.41 bits per heavy atom. The van der Waals surface area contributed by atoms with Crippen molar-refractivity contribution in [1.29, 1.82) is 0 Å². The lowest BCUT2D eigenvalue weighted by atomic mass is 10.1. The van der Waals surface area contributed by atoms with Gasteiger partial charge in [0, 0.05) is 29.5 Å². The van der Waals surface area contributed by atoms with Gasteiger partial charge in [0.25, 0.3) is 11.1 Å². The maximum atomic E-state index is 12.7. The predicted octanol–water partition coefficient (Wildman–Crippen LogP) is 5.60. The molecule has 2 aromatic rings. The standard InChI is InChI=1S/C22H24ClN3O2S/c1-4-25(5-2)18-10-7-16(8-11-18)12-20-21(27)26(22(28)29-20)14-24-17-9-6-15(3)19(23)13-17/h6-13,24H,4-5,14H2,1-3H3. The highest BCUT2D eigenvalue weighted by atomic mass is 35.5. The number of anilines is 2. The van der Waals surface area contributed by atoms with Gasteiger partial charge >= 0.3 is 0 Å². The van der Waals surface area contributed by atoms with E-state index in [2.05, 4.69) is 24.1 Å². The molecule has 1 heterocycles. The summed E-state index contributed by atoms with van der Waals surface area (Å²) in [5, 5.41) is 3.44. The number of carbonyl (C=O) groups excluding carboxylic acids is 2. The van der Waals surface area contributed by atoms with Crippen LogP contribution < -0.4 is 10.2 Å². The third kappa shape index (κ3) is 4.95. The molecule has 3 rings (SSSR count). The summed E-state index contributed by atoms with van der Waals surface area (Å²) in [7, 11) is 0. The van der Waals surface area contributed by atoms with E-state index in [9.17, 15) is 9.59 Å². The number of nitrogens with zero attached hydrogens (tertiary/aromatic N) is 2. The molecule has 0 spiro atoms. The van der Waals surface area contributed by atoms with Crippen LogP contribution in [0, 0.1) is 6.92 Å². The van der Waals surface area contributed by atoms with Gasteiger partial charge in [-0.2, -0.15) is 0 Å². The Labute approximate surface area is 180 Å². The molecule has 1 saturated heterocycles. The molecule has 0 aromatic heterocycles. The first kappa shape index (κ1) is 21.3. The topological polar surface area (TPSA) is 52.7 Å². The van der Waals surface area contributed by atoms with Crippen LogP contribution in [-0.4, -0.2) is 35.8 Å². The third-order valence-electron chi connectivity index (χ3n) is 4.81. The van der Waals surface area contributed by atoms with Crippen LogP contribution in [0.2, 0.25) is 5.02 Å². The van der Waals surface area contributed by atoms with E-state index in [1.54, 1.807) is 12.1 Å². The lowest BCUT2D eigenvalue weighted by Crippen LogP contribution is -2.33. The first-order valence-corrected chi connectivity index (χ1v) is 10.7. The number of hydrogen-bond acceptors (Lipinski definition) is 5. The molecule has 0 unspecified atom stereocenters. The summed E-state index contributed by atoms with van der Waals surface area (Å²) in [5.74, 6) is -0.293. The number of carbonyl (C=O) groups is 2. The summed E-state index contributed by atoms with van der Waals surface area (Å²) in [6.45, 7) is 8.13. The number of nitrogens with one attached hydrogen (secondary N) is 1. The van der Waals surface area contributed by atoms with Crippen molar-refractivity contribution in [1.82, 2.24) is 4.90 Å². The summed E-state index contributed by atoms with van der Waals surface area (Å²) in [4.78, 5) is 28.9. The molecule has 1 fully saturated rings. The zero-order valence-corrected chi connectivity index (χ0v) is 18.3. The van der Waals surface area contributed by atoms with Crippen LogP contribution in [0.3, 0.4) is 0 Å². The fraction of sp³-hybridized carbons (Fsp3) is 0.273. The molecule has 29 heavy (non-hydrogen) atoms. The lowest BCUT2D eigenvalue weighted by molar-refractivity contribution is -0.122. The number of aryl methyl sites for hydroxylation is 1. The van der Waals surface area contributed by atoms with E-state index < -0.39 is 0 Å². The van der Waals surface area contributed by atoms with E-state index in [0.29, 0.717) is 9.93 Å². The van der Waals surface area contributed by atoms with Gasteiger partial charge < -0.3 is 10.2 Å². The first-order valence-electron chi connectivity index (χ1n) is 9.53. The minimum atomic E-state index is -0.293. The summed E-state index contributed by atoms with van der Waals surface area (Å²) in [5.41, 5.74) is 3.76. The molecule has 1 N–H and O–H groups in total. The molecule has 7 heteroatoms. The number of imide groups is 1. The van der Waals surface area contributed by atoms with Gasteiger partial charge in [0.2, 0.25) is 0 Å². The van der Waals surface area contributed by atoms with Crippen LogP contribution in [0.25, 0.3) is 6.08 Å². The fourth-order valence-electron chi connectivity index (χ4n) is 3.03. The summed E-state index contributed by atoms with van der Waals surface area (Å²) >= 11 is 7.08. The average Bonchev–Trinajstić information content (AvgIpc) is 2.98. The Hall–Kier alpha value is -2.44. The van der Waals surface area contributed by atoms with Crippen LogP contribution in [0.1, 0.15) is 25.0 Å². The Balaban J connectivity index is 1.68. The predicted molar refractivity (Wildman–Crippen MR) is 122 cm³/mol. The smallest absolute Gasteiger partial charge is 0.295 e. The highest BCUT2D eigenvalue weighted by molar-refractivity contribution is 8.18. The van der Waals surface area contributed by atoms with Crippen molar-refractivity contribution in [2.45, 2.75) is 20.8 Å². The largest absolute Gasteiger partial charge is 0.372 e. The molecule has 5 nitrogen and oxygen atoms in total. The van der Waals surface area contributed by atoms with Crippen LogP contribution in [-0.2, 0) is 4.79 Å². The second-order valence-corrected chi connectivity index (χ2v) is 8.07. The Morgan fingerprint density at radius 1 is 1.10 bits per heavy atom. The van der Waals surface area contributed by atoms with E-state index in [-0.39, 0.29) is 17.8 Å². The Kier molecular flexibility index (Phi) is 6.87. The van der Waals surface area contributed by atoms with Gasteiger partial charge in [0.05, 0.1) is 11.6 Å². The van der Waals surface area contributed by atoms with Gasteiger partial charge in [-0.05, 0) is 74.0 Å². The molecule has 0 atom stereocenters. The summed E-state index contributed by atoms with van der Waals surface area (Å²) < 4.78 is 0. The van der Waals surface area contributed by atoms with Crippen molar-refractivity contribution >= 4 is 52.0 Å². The number of benzene rings is 2. The van der Waals surface area contributed by atoms with Gasteiger partial charge in [-0.3, -0.25) is 14.5 Å². The van der Waals surface area contributed by atoms with Gasteiger partial charge in [0.1, 0.15) is 0 Å². The van der Waals surface area contributed by atoms with E-state index in [1.807, 2.05) is 43.3 Å². The lowest BCUT2D eigenvalue weighted by Gasteiger charge is -2.20. The van der Waals surface area contributed by atoms with Crippen molar-refractivity contribution < 1.29 is 9.59 Å². The Morgan fingerprint density at radius 2 is 1.79 bits per heavy atom. The number of amides is 2. The molecule has 0 saturated carbocycles. The molecule has 152 valence electrons. The fourth-order valence-corrected chi connectivity index (χ4v) is 4.05. The van der Waals surface area contributed by atoms with Crippen LogP contribution in [0.5, 0.6) is 0 Å². The van der Waals surface area contributed by atoms with Crippen molar-refractivity contribution in [3.63, 3.8) is 0 Å². The van der Waals surface area contributed by atoms with Crippen LogP contribution >= 0.6 is 23.4 Å². The minimum absolute atomic E-state index is 0.0995. The van der Waals surface area contributed by atoms with Gasteiger partial charge in [0.15, 0.2) is 0 Å². The quantitative estimate of drug-likeness (QED) is 0.580. The molecule has 0 bridgehead atoms. The maximum Gasteiger partial charge on any atom is 0.295 e. The third-order valence-corrected chi connectivity index (χ3v) is 6.12. The average molecular weight is 430 g/mol. The molecule has 2 amide bonds. The van der Waals surface area contributed by atoms with Crippen LogP contribution in [0.15, 0.2) is 47.4 Å². The van der Waals surface area contributed by atoms with E-state index >= 15 is 0 Å². The zero-order valence-electron chi connectivity index (χ0n) is 16.7. The molecule has 2 aromatic carbocycles. The van der Waals surface area contributed by atoms with Crippen molar-refractivity contribution in [3.8, 4) is 0 Å². The molecule has 1 aliphatic rings. The highest BCUT2D eigenvalue weighted by Crippen LogP contribution is 2.32. The van der Waals surface area contributed by atoms with Gasteiger partial charge in [-0.25, -0.2) is 0 Å². The molecule has 0 radical (unpaired) electrons. The number of halogens is 1. The highest BCUT2D eigenvalue weighted by Gasteiger charge is 2.34. The second-order valence-electron chi connectivity index (χ2n) is 6.67. The molecule has 1 aliphatic heterocycles. The van der Waals surface area contributed by atoms with E-state index in [4.69, 9.17) is 11.6 Å². The maximum absolute atomic E-state index is 12.7. The van der Waals surface area contributed by atoms with Crippen molar-refractivity contribution in [3.05, 3.63) is 63.5 Å². The van der Waals surface area contributed by atoms with E-state index in [0.717, 1.165) is 47.4 Å². The SMILES string of the molecule is CCN(CC)c1ccc(C=C2SC(=O)N(CNc3ccc(C)c(Cl)c3)C2=O)cc1. The number of thioether (sulfide) groups is 1.